The lowest BCUT2D eigenvalue weighted by Crippen LogP contribution is -2.39. The number of fused-ring (bicyclic) bond motifs is 1. The Bertz CT molecular complexity index is 998. The number of para-hydroxylation sites is 2. The largest absolute Gasteiger partial charge is 0.433 e. The summed E-state index contributed by atoms with van der Waals surface area (Å²) < 4.78 is 7.28. The Morgan fingerprint density at radius 3 is 2.70 bits per heavy atom. The number of piperidine rings is 1. The quantitative estimate of drug-likeness (QED) is 0.520. The Morgan fingerprint density at radius 2 is 2.00 bits per heavy atom. The molecule has 0 radical (unpaired) electrons. The van der Waals surface area contributed by atoms with E-state index in [1.807, 2.05) is 25.1 Å². The average Bonchev–Trinajstić information content (AvgIpc) is 3.28. The predicted octanol–water partition coefficient (Wildman–Crippen LogP) is 3.40. The van der Waals surface area contributed by atoms with Gasteiger partial charge in [0, 0.05) is 19.6 Å². The van der Waals surface area contributed by atoms with E-state index in [0.29, 0.717) is 19.0 Å². The molecule has 1 aliphatic heterocycles. The number of hydrogen-bond acceptors (Lipinski definition) is 5. The number of furan rings is 1. The van der Waals surface area contributed by atoms with E-state index in [1.165, 1.54) is 12.1 Å². The summed E-state index contributed by atoms with van der Waals surface area (Å²) >= 11 is 0. The third-order valence-electron chi connectivity index (χ3n) is 5.17. The fourth-order valence-corrected chi connectivity index (χ4v) is 3.70. The molecule has 1 aromatic carbocycles. The fraction of sp³-hybridized carbons (Fsp3) is 0.368. The summed E-state index contributed by atoms with van der Waals surface area (Å²) in [5, 5.41) is 10.7. The number of carbonyl (C=O) groups excluding carboxylic acids is 1. The van der Waals surface area contributed by atoms with Gasteiger partial charge in [-0.05, 0) is 43.9 Å². The maximum Gasteiger partial charge on any atom is 0.433 e. The molecule has 1 amide bonds. The van der Waals surface area contributed by atoms with Crippen LogP contribution in [0.4, 0.5) is 5.88 Å². The highest BCUT2D eigenvalue weighted by molar-refractivity contribution is 5.91. The first-order valence-corrected chi connectivity index (χ1v) is 8.98. The lowest BCUT2D eigenvalue weighted by molar-refractivity contribution is -0.402. The van der Waals surface area contributed by atoms with Crippen molar-refractivity contribution in [1.29, 1.82) is 0 Å². The van der Waals surface area contributed by atoms with Crippen LogP contribution in [0.15, 0.2) is 40.8 Å². The number of nitro groups is 1. The molecule has 27 heavy (non-hydrogen) atoms. The maximum absolute atomic E-state index is 12.5. The van der Waals surface area contributed by atoms with Crippen LogP contribution in [-0.2, 0) is 6.54 Å². The zero-order valence-corrected chi connectivity index (χ0v) is 15.0. The van der Waals surface area contributed by atoms with Crippen LogP contribution in [0.1, 0.15) is 29.2 Å². The lowest BCUT2D eigenvalue weighted by atomic mass is 9.96. The van der Waals surface area contributed by atoms with Gasteiger partial charge in [-0.25, -0.2) is 4.98 Å². The highest BCUT2D eigenvalue weighted by atomic mass is 16.6. The van der Waals surface area contributed by atoms with Crippen molar-refractivity contribution in [3.05, 3.63) is 58.1 Å². The van der Waals surface area contributed by atoms with Crippen LogP contribution >= 0.6 is 0 Å². The van der Waals surface area contributed by atoms with Gasteiger partial charge in [-0.15, -0.1) is 0 Å². The first kappa shape index (κ1) is 17.3. The van der Waals surface area contributed by atoms with Gasteiger partial charge in [-0.1, -0.05) is 12.1 Å². The number of amides is 1. The zero-order chi connectivity index (χ0) is 19.0. The van der Waals surface area contributed by atoms with E-state index in [2.05, 4.69) is 15.6 Å². The fourth-order valence-electron chi connectivity index (χ4n) is 3.70. The van der Waals surface area contributed by atoms with Gasteiger partial charge >= 0.3 is 5.88 Å². The summed E-state index contributed by atoms with van der Waals surface area (Å²) in [5.41, 5.74) is 2.14. The zero-order valence-electron chi connectivity index (χ0n) is 15.0. The summed E-state index contributed by atoms with van der Waals surface area (Å²) in [4.78, 5) is 28.9. The third-order valence-corrected chi connectivity index (χ3v) is 5.17. The van der Waals surface area contributed by atoms with Crippen LogP contribution in [0.5, 0.6) is 0 Å². The smallest absolute Gasteiger partial charge is 0.395 e. The molecule has 8 heteroatoms. The molecule has 0 saturated carbocycles. The van der Waals surface area contributed by atoms with Gasteiger partial charge in [0.05, 0.1) is 17.1 Å². The second kappa shape index (κ2) is 6.86. The van der Waals surface area contributed by atoms with Crippen molar-refractivity contribution in [1.82, 2.24) is 14.5 Å². The standard InChI is InChI=1S/C19H20N4O4/c1-13-20-15-4-2-3-5-16(15)22(13)12-14-8-10-21(11-9-14)19(24)17-6-7-18(27-17)23(25)26/h2-7,14H,8-12H2,1H3. The number of imidazole rings is 1. The highest BCUT2D eigenvalue weighted by Crippen LogP contribution is 2.25. The Balaban J connectivity index is 1.40. The van der Waals surface area contributed by atoms with Crippen molar-refractivity contribution in [2.45, 2.75) is 26.3 Å². The van der Waals surface area contributed by atoms with Crippen molar-refractivity contribution in [2.75, 3.05) is 13.1 Å². The third kappa shape index (κ3) is 3.30. The lowest BCUT2D eigenvalue weighted by Gasteiger charge is -2.31. The normalized spacial score (nSPS) is 15.4. The van der Waals surface area contributed by atoms with Gasteiger partial charge in [0.15, 0.2) is 5.76 Å². The van der Waals surface area contributed by atoms with Crippen LogP contribution in [0.25, 0.3) is 11.0 Å². The van der Waals surface area contributed by atoms with Crippen LogP contribution in [0.3, 0.4) is 0 Å². The molecule has 0 spiro atoms. The molecule has 0 unspecified atom stereocenters. The molecular weight excluding hydrogens is 348 g/mol. The Kier molecular flexibility index (Phi) is 4.39. The Morgan fingerprint density at radius 1 is 1.26 bits per heavy atom. The molecule has 3 aromatic rings. The van der Waals surface area contributed by atoms with E-state index < -0.39 is 10.8 Å². The van der Waals surface area contributed by atoms with Gasteiger partial charge in [-0.2, -0.15) is 0 Å². The first-order chi connectivity index (χ1) is 13.0. The summed E-state index contributed by atoms with van der Waals surface area (Å²) in [7, 11) is 0. The maximum atomic E-state index is 12.5. The minimum atomic E-state index is -0.638. The minimum Gasteiger partial charge on any atom is -0.395 e. The molecule has 3 heterocycles. The highest BCUT2D eigenvalue weighted by Gasteiger charge is 2.27. The first-order valence-electron chi connectivity index (χ1n) is 8.98. The molecule has 8 nitrogen and oxygen atoms in total. The average molecular weight is 368 g/mol. The second-order valence-electron chi connectivity index (χ2n) is 6.89. The van der Waals surface area contributed by atoms with Gasteiger partial charge in [0.1, 0.15) is 10.7 Å². The molecule has 4 rings (SSSR count). The number of hydrogen-bond donors (Lipinski definition) is 0. The number of aryl methyl sites for hydroxylation is 1. The predicted molar refractivity (Wildman–Crippen MR) is 98.5 cm³/mol. The topological polar surface area (TPSA) is 94.4 Å². The molecule has 1 saturated heterocycles. The Hall–Kier alpha value is -3.16. The number of rotatable bonds is 4. The van der Waals surface area contributed by atoms with Gasteiger partial charge in [-0.3, -0.25) is 14.9 Å². The number of nitrogens with zero attached hydrogens (tertiary/aromatic N) is 4. The molecule has 0 N–H and O–H groups in total. The van der Waals surface area contributed by atoms with Crippen LogP contribution in [-0.4, -0.2) is 38.4 Å². The van der Waals surface area contributed by atoms with Gasteiger partial charge in [0.2, 0.25) is 0 Å². The molecule has 2 aromatic heterocycles. The number of carbonyl (C=O) groups is 1. The van der Waals surface area contributed by atoms with Crippen LogP contribution in [0, 0.1) is 23.0 Å². The van der Waals surface area contributed by atoms with Crippen molar-refractivity contribution in [2.24, 2.45) is 5.92 Å². The van der Waals surface area contributed by atoms with E-state index in [-0.39, 0.29) is 11.7 Å². The molecule has 0 atom stereocenters. The van der Waals surface area contributed by atoms with Crippen molar-refractivity contribution in [3.63, 3.8) is 0 Å². The number of benzene rings is 1. The van der Waals surface area contributed by atoms with Crippen molar-refractivity contribution < 1.29 is 14.1 Å². The van der Waals surface area contributed by atoms with E-state index >= 15 is 0 Å². The minimum absolute atomic E-state index is 0.0246. The summed E-state index contributed by atoms with van der Waals surface area (Å²) in [6, 6.07) is 10.7. The van der Waals surface area contributed by atoms with Gasteiger partial charge < -0.3 is 13.9 Å². The van der Waals surface area contributed by atoms with E-state index in [4.69, 9.17) is 4.42 Å². The molecule has 1 fully saturated rings. The van der Waals surface area contributed by atoms with Crippen LogP contribution < -0.4 is 0 Å². The molecule has 1 aliphatic rings. The van der Waals surface area contributed by atoms with Gasteiger partial charge in [0.25, 0.3) is 5.91 Å². The molecule has 0 aliphatic carbocycles. The second-order valence-corrected chi connectivity index (χ2v) is 6.89. The number of likely N-dealkylation sites (tertiary alicyclic amines) is 1. The summed E-state index contributed by atoms with van der Waals surface area (Å²) in [6.45, 7) is 4.12. The molecule has 140 valence electrons. The van der Waals surface area contributed by atoms with Crippen molar-refractivity contribution >= 4 is 22.8 Å². The van der Waals surface area contributed by atoms with Crippen molar-refractivity contribution in [3.8, 4) is 0 Å². The molecule has 0 bridgehead atoms. The van der Waals surface area contributed by atoms with Crippen LogP contribution in [0.2, 0.25) is 0 Å². The molecular formula is C19H20N4O4. The SMILES string of the molecule is Cc1nc2ccccc2n1CC1CCN(C(=O)c2ccc([N+](=O)[O-])o2)CC1. The summed E-state index contributed by atoms with van der Waals surface area (Å²) in [5.74, 6) is 0.784. The van der Waals surface area contributed by atoms with E-state index in [0.717, 1.165) is 36.2 Å². The van der Waals surface area contributed by atoms with E-state index in [1.54, 1.807) is 4.90 Å². The monoisotopic (exact) mass is 368 g/mol. The Labute approximate surface area is 155 Å². The van der Waals surface area contributed by atoms with E-state index in [9.17, 15) is 14.9 Å². The number of aromatic nitrogens is 2. The summed E-state index contributed by atoms with van der Waals surface area (Å²) in [6.07, 6.45) is 1.75.